The monoisotopic (exact) mass is 503 g/mol. The van der Waals surface area contributed by atoms with Crippen LogP contribution in [-0.4, -0.2) is 35.7 Å². The van der Waals surface area contributed by atoms with E-state index in [9.17, 15) is 4.79 Å². The first-order valence-corrected chi connectivity index (χ1v) is 11.9. The molecule has 1 amide bonds. The Morgan fingerprint density at radius 2 is 2.06 bits per heavy atom. The number of rotatable bonds is 8. The van der Waals surface area contributed by atoms with Gasteiger partial charge in [0.15, 0.2) is 5.82 Å². The first-order chi connectivity index (χ1) is 16.4. The number of aryl methyl sites for hydroxylation is 1. The number of halogens is 2. The van der Waals surface area contributed by atoms with Gasteiger partial charge >= 0.3 is 6.01 Å². The topological polar surface area (TPSA) is 115 Å². The number of nitrogens with two attached hydrogens (primary N) is 1. The fraction of sp³-hybridized carbons (Fsp3) is 0.375. The Kier molecular flexibility index (Phi) is 7.92. The van der Waals surface area contributed by atoms with Crippen LogP contribution in [0.5, 0.6) is 5.75 Å². The molecule has 1 aliphatic heterocycles. The van der Waals surface area contributed by atoms with Crippen LogP contribution >= 0.6 is 23.2 Å². The molecule has 10 heteroatoms. The standard InChI is InChI=1S/C24H27Cl2N5O3/c1-14-2-3-17(12-20(14)33-11-8-15-4-5-18(25)13-19(15)26)23(32)29-21(16-6-9-28-10-7-16)22-30-24(27)34-31-22/h2-5,12-13,16,21,28H,6-11H2,1H3,(H,29,32)(H2,27,30,31). The number of nitrogens with zero attached hydrogens (tertiary/aromatic N) is 2. The summed E-state index contributed by atoms with van der Waals surface area (Å²) in [4.78, 5) is 17.4. The Morgan fingerprint density at radius 3 is 2.76 bits per heavy atom. The normalized spacial score (nSPS) is 15.1. The minimum absolute atomic E-state index is 0.0185. The van der Waals surface area contributed by atoms with Crippen molar-refractivity contribution in [1.29, 1.82) is 0 Å². The number of ether oxygens (including phenoxy) is 1. The Labute approximate surface area is 208 Å². The number of benzene rings is 2. The van der Waals surface area contributed by atoms with Crippen molar-refractivity contribution in [3.05, 3.63) is 69.0 Å². The summed E-state index contributed by atoms with van der Waals surface area (Å²) in [5, 5.41) is 11.6. The first-order valence-electron chi connectivity index (χ1n) is 11.2. The summed E-state index contributed by atoms with van der Waals surface area (Å²) in [6.07, 6.45) is 2.38. The van der Waals surface area contributed by atoms with Gasteiger partial charge in [0, 0.05) is 22.0 Å². The fourth-order valence-electron chi connectivity index (χ4n) is 4.06. The molecule has 1 saturated heterocycles. The summed E-state index contributed by atoms with van der Waals surface area (Å²) in [6, 6.07) is 10.4. The van der Waals surface area contributed by atoms with Gasteiger partial charge in [-0.2, -0.15) is 4.98 Å². The number of anilines is 1. The largest absolute Gasteiger partial charge is 0.493 e. The van der Waals surface area contributed by atoms with E-state index >= 15 is 0 Å². The molecular weight excluding hydrogens is 477 g/mol. The molecule has 0 bridgehead atoms. The van der Waals surface area contributed by atoms with Gasteiger partial charge in [-0.15, -0.1) is 0 Å². The molecule has 4 rings (SSSR count). The van der Waals surface area contributed by atoms with Gasteiger partial charge in [0.05, 0.1) is 12.6 Å². The van der Waals surface area contributed by atoms with E-state index in [-0.39, 0.29) is 17.8 Å². The molecule has 34 heavy (non-hydrogen) atoms. The highest BCUT2D eigenvalue weighted by Crippen LogP contribution is 2.29. The average molecular weight is 504 g/mol. The van der Waals surface area contributed by atoms with Gasteiger partial charge in [-0.1, -0.05) is 40.5 Å². The van der Waals surface area contributed by atoms with E-state index in [2.05, 4.69) is 20.8 Å². The predicted molar refractivity (Wildman–Crippen MR) is 131 cm³/mol. The number of carbonyl (C=O) groups excluding carboxylic acids is 1. The number of nitrogens with one attached hydrogen (secondary N) is 2. The van der Waals surface area contributed by atoms with E-state index in [4.69, 9.17) is 38.2 Å². The number of carbonyl (C=O) groups is 1. The second kappa shape index (κ2) is 11.1. The summed E-state index contributed by atoms with van der Waals surface area (Å²) < 4.78 is 11.0. The first kappa shape index (κ1) is 24.3. The molecule has 1 aliphatic rings. The van der Waals surface area contributed by atoms with Gasteiger partial charge in [0.2, 0.25) is 0 Å². The molecule has 1 aromatic heterocycles. The predicted octanol–water partition coefficient (Wildman–Crippen LogP) is 4.36. The fourth-order valence-corrected chi connectivity index (χ4v) is 4.56. The summed E-state index contributed by atoms with van der Waals surface area (Å²) in [5.41, 5.74) is 8.00. The molecule has 0 saturated carbocycles. The third kappa shape index (κ3) is 6.00. The van der Waals surface area contributed by atoms with Crippen LogP contribution in [0.15, 0.2) is 40.9 Å². The molecule has 3 aromatic rings. The van der Waals surface area contributed by atoms with Gasteiger partial charge in [0.1, 0.15) is 5.75 Å². The Hall–Kier alpha value is -2.81. The van der Waals surface area contributed by atoms with E-state index in [1.54, 1.807) is 24.3 Å². The van der Waals surface area contributed by atoms with E-state index in [1.165, 1.54) is 0 Å². The zero-order chi connectivity index (χ0) is 24.1. The average Bonchev–Trinajstić information content (AvgIpc) is 3.26. The minimum atomic E-state index is -0.395. The second-order valence-corrected chi connectivity index (χ2v) is 9.19. The smallest absolute Gasteiger partial charge is 0.318 e. The molecule has 1 unspecified atom stereocenters. The minimum Gasteiger partial charge on any atom is -0.493 e. The van der Waals surface area contributed by atoms with Gasteiger partial charge in [-0.05, 0) is 74.2 Å². The molecular formula is C24H27Cl2N5O3. The SMILES string of the molecule is Cc1ccc(C(=O)NC(c2noc(N)n2)C2CCNCC2)cc1OCCc1ccc(Cl)cc1Cl. The maximum atomic E-state index is 13.2. The summed E-state index contributed by atoms with van der Waals surface area (Å²) in [6.45, 7) is 4.08. The van der Waals surface area contributed by atoms with Crippen LogP contribution in [-0.2, 0) is 6.42 Å². The molecule has 2 heterocycles. The van der Waals surface area contributed by atoms with Crippen molar-refractivity contribution in [2.45, 2.75) is 32.2 Å². The van der Waals surface area contributed by atoms with E-state index in [0.717, 1.165) is 37.1 Å². The van der Waals surface area contributed by atoms with Crippen molar-refractivity contribution in [2.24, 2.45) is 5.92 Å². The van der Waals surface area contributed by atoms with Crippen molar-refractivity contribution in [2.75, 3.05) is 25.4 Å². The number of amides is 1. The molecule has 2 aromatic carbocycles. The van der Waals surface area contributed by atoms with Crippen LogP contribution in [0.4, 0.5) is 6.01 Å². The maximum absolute atomic E-state index is 13.2. The third-order valence-electron chi connectivity index (χ3n) is 5.97. The molecule has 0 spiro atoms. The van der Waals surface area contributed by atoms with Crippen LogP contribution in [0.1, 0.15) is 46.2 Å². The molecule has 1 atom stereocenters. The third-order valence-corrected chi connectivity index (χ3v) is 6.56. The van der Waals surface area contributed by atoms with Crippen LogP contribution in [0.2, 0.25) is 10.0 Å². The second-order valence-electron chi connectivity index (χ2n) is 8.34. The number of hydrogen-bond donors (Lipinski definition) is 3. The molecule has 0 aliphatic carbocycles. The quantitative estimate of drug-likeness (QED) is 0.418. The molecule has 8 nitrogen and oxygen atoms in total. The van der Waals surface area contributed by atoms with Crippen LogP contribution < -0.4 is 21.1 Å². The van der Waals surface area contributed by atoms with E-state index in [0.29, 0.717) is 40.2 Å². The van der Waals surface area contributed by atoms with Crippen molar-refractivity contribution in [3.63, 3.8) is 0 Å². The Bertz CT molecular complexity index is 1150. The van der Waals surface area contributed by atoms with Crippen molar-refractivity contribution in [3.8, 4) is 5.75 Å². The summed E-state index contributed by atoms with van der Waals surface area (Å²) >= 11 is 12.2. The maximum Gasteiger partial charge on any atom is 0.318 e. The molecule has 4 N–H and O–H groups in total. The lowest BCUT2D eigenvalue weighted by Gasteiger charge is -2.29. The number of hydrogen-bond acceptors (Lipinski definition) is 7. The molecule has 180 valence electrons. The van der Waals surface area contributed by atoms with Crippen molar-refractivity contribution >= 4 is 35.1 Å². The number of aromatic nitrogens is 2. The Balaban J connectivity index is 1.45. The lowest BCUT2D eigenvalue weighted by atomic mass is 9.89. The van der Waals surface area contributed by atoms with Crippen LogP contribution in [0, 0.1) is 12.8 Å². The van der Waals surface area contributed by atoms with Gasteiger partial charge < -0.3 is 25.6 Å². The van der Waals surface area contributed by atoms with Crippen LogP contribution in [0.25, 0.3) is 0 Å². The lowest BCUT2D eigenvalue weighted by molar-refractivity contribution is 0.0909. The van der Waals surface area contributed by atoms with Crippen molar-refractivity contribution in [1.82, 2.24) is 20.8 Å². The Morgan fingerprint density at radius 1 is 1.26 bits per heavy atom. The number of nitrogen functional groups attached to an aromatic ring is 1. The van der Waals surface area contributed by atoms with Crippen LogP contribution in [0.3, 0.4) is 0 Å². The van der Waals surface area contributed by atoms with Gasteiger partial charge in [-0.3, -0.25) is 4.79 Å². The summed E-state index contributed by atoms with van der Waals surface area (Å²) in [7, 11) is 0. The zero-order valence-electron chi connectivity index (χ0n) is 18.8. The lowest BCUT2D eigenvalue weighted by Crippen LogP contribution is -2.39. The van der Waals surface area contributed by atoms with E-state index in [1.807, 2.05) is 19.1 Å². The highest BCUT2D eigenvalue weighted by atomic mass is 35.5. The van der Waals surface area contributed by atoms with Gasteiger partial charge in [-0.25, -0.2) is 0 Å². The molecule has 0 radical (unpaired) electrons. The zero-order valence-corrected chi connectivity index (χ0v) is 20.3. The number of piperidine rings is 1. The van der Waals surface area contributed by atoms with E-state index < -0.39 is 6.04 Å². The highest BCUT2D eigenvalue weighted by Gasteiger charge is 2.30. The van der Waals surface area contributed by atoms with Crippen molar-refractivity contribution < 1.29 is 14.1 Å². The summed E-state index contributed by atoms with van der Waals surface area (Å²) in [5.74, 6) is 0.964. The highest BCUT2D eigenvalue weighted by molar-refractivity contribution is 6.35. The van der Waals surface area contributed by atoms with Gasteiger partial charge in [0.25, 0.3) is 5.91 Å². The molecule has 1 fully saturated rings.